The third kappa shape index (κ3) is 3.63. The SMILES string of the molecule is Cc1ccncc1-c1cccnc1Oc1ccc(C(F)(F)CF)cc1. The summed E-state index contributed by atoms with van der Waals surface area (Å²) in [4.78, 5) is 8.34. The highest BCUT2D eigenvalue weighted by molar-refractivity contribution is 5.70. The van der Waals surface area contributed by atoms with Gasteiger partial charge in [-0.05, 0) is 55.0 Å². The predicted octanol–water partition coefficient (Wildman–Crippen LogP) is 5.31. The van der Waals surface area contributed by atoms with E-state index in [1.165, 1.54) is 12.1 Å². The van der Waals surface area contributed by atoms with Crippen molar-refractivity contribution < 1.29 is 17.9 Å². The maximum atomic E-state index is 13.3. The van der Waals surface area contributed by atoms with Crippen LogP contribution in [0.4, 0.5) is 13.2 Å². The van der Waals surface area contributed by atoms with Gasteiger partial charge in [-0.15, -0.1) is 0 Å². The zero-order valence-corrected chi connectivity index (χ0v) is 13.4. The van der Waals surface area contributed by atoms with Gasteiger partial charge in [-0.3, -0.25) is 4.98 Å². The minimum absolute atomic E-state index is 0.333. The van der Waals surface area contributed by atoms with Crippen LogP contribution in [-0.4, -0.2) is 16.6 Å². The van der Waals surface area contributed by atoms with Gasteiger partial charge < -0.3 is 4.74 Å². The second-order valence-corrected chi connectivity index (χ2v) is 5.51. The van der Waals surface area contributed by atoms with Crippen molar-refractivity contribution in [1.29, 1.82) is 0 Å². The lowest BCUT2D eigenvalue weighted by atomic mass is 10.0. The number of aromatic nitrogens is 2. The number of pyridine rings is 2. The van der Waals surface area contributed by atoms with Gasteiger partial charge >= 0.3 is 5.92 Å². The summed E-state index contributed by atoms with van der Waals surface area (Å²) in [7, 11) is 0. The largest absolute Gasteiger partial charge is 0.438 e. The Morgan fingerprint density at radius 1 is 1.00 bits per heavy atom. The zero-order chi connectivity index (χ0) is 17.9. The molecule has 0 fully saturated rings. The van der Waals surface area contributed by atoms with Crippen LogP contribution in [-0.2, 0) is 5.92 Å². The summed E-state index contributed by atoms with van der Waals surface area (Å²) in [5.74, 6) is -2.83. The van der Waals surface area contributed by atoms with Crippen molar-refractivity contribution in [2.75, 3.05) is 6.67 Å². The predicted molar refractivity (Wildman–Crippen MR) is 88.6 cm³/mol. The molecule has 1 aromatic carbocycles. The van der Waals surface area contributed by atoms with Crippen molar-refractivity contribution in [2.45, 2.75) is 12.8 Å². The van der Waals surface area contributed by atoms with Crippen LogP contribution in [0, 0.1) is 6.92 Å². The molecule has 2 heterocycles. The van der Waals surface area contributed by atoms with Crippen LogP contribution in [0.2, 0.25) is 0 Å². The molecular formula is C19H15F3N2O. The Morgan fingerprint density at radius 2 is 1.76 bits per heavy atom. The third-order valence-corrected chi connectivity index (χ3v) is 3.76. The molecule has 0 atom stereocenters. The van der Waals surface area contributed by atoms with E-state index < -0.39 is 18.2 Å². The molecule has 0 unspecified atom stereocenters. The summed E-state index contributed by atoms with van der Waals surface area (Å²) in [6.07, 6.45) is 4.99. The zero-order valence-electron chi connectivity index (χ0n) is 13.4. The van der Waals surface area contributed by atoms with Crippen LogP contribution in [0.15, 0.2) is 61.1 Å². The molecule has 3 aromatic rings. The molecule has 0 aliphatic carbocycles. The Kier molecular flexibility index (Phi) is 4.70. The maximum Gasteiger partial charge on any atom is 0.301 e. The quantitative estimate of drug-likeness (QED) is 0.629. The van der Waals surface area contributed by atoms with Gasteiger partial charge in [0.2, 0.25) is 5.88 Å². The van der Waals surface area contributed by atoms with Crippen LogP contribution in [0.3, 0.4) is 0 Å². The third-order valence-electron chi connectivity index (χ3n) is 3.76. The monoisotopic (exact) mass is 344 g/mol. The van der Waals surface area contributed by atoms with E-state index in [1.807, 2.05) is 19.1 Å². The van der Waals surface area contributed by atoms with Crippen molar-refractivity contribution in [2.24, 2.45) is 0 Å². The van der Waals surface area contributed by atoms with Crippen LogP contribution in [0.1, 0.15) is 11.1 Å². The second-order valence-electron chi connectivity index (χ2n) is 5.51. The van der Waals surface area contributed by atoms with Crippen molar-refractivity contribution in [3.8, 4) is 22.8 Å². The fraction of sp³-hybridized carbons (Fsp3) is 0.158. The van der Waals surface area contributed by atoms with E-state index in [2.05, 4.69) is 9.97 Å². The van der Waals surface area contributed by atoms with Gasteiger partial charge in [-0.25, -0.2) is 9.37 Å². The smallest absolute Gasteiger partial charge is 0.301 e. The van der Waals surface area contributed by atoms with Gasteiger partial charge in [0.15, 0.2) is 6.67 Å². The fourth-order valence-corrected chi connectivity index (χ4v) is 2.38. The van der Waals surface area contributed by atoms with E-state index in [1.54, 1.807) is 24.7 Å². The normalized spacial score (nSPS) is 11.4. The van der Waals surface area contributed by atoms with Gasteiger partial charge in [-0.2, -0.15) is 8.78 Å². The number of aryl methyl sites for hydroxylation is 1. The van der Waals surface area contributed by atoms with Crippen LogP contribution in [0.5, 0.6) is 11.6 Å². The lowest BCUT2D eigenvalue weighted by Crippen LogP contribution is -2.15. The summed E-state index contributed by atoms with van der Waals surface area (Å²) >= 11 is 0. The molecule has 3 nitrogen and oxygen atoms in total. The van der Waals surface area contributed by atoms with Gasteiger partial charge in [0.1, 0.15) is 5.75 Å². The number of hydrogen-bond acceptors (Lipinski definition) is 3. The molecule has 0 aliphatic rings. The minimum atomic E-state index is -3.50. The number of halogens is 3. The molecule has 2 aromatic heterocycles. The standard InChI is InChI=1S/C19H15F3N2O/c1-13-8-10-23-11-17(13)16-3-2-9-24-18(16)25-15-6-4-14(5-7-15)19(21,22)12-20/h2-11H,12H2,1H3. The number of nitrogens with zero attached hydrogens (tertiary/aromatic N) is 2. The first-order valence-electron chi connectivity index (χ1n) is 7.59. The van der Waals surface area contributed by atoms with Crippen LogP contribution < -0.4 is 4.74 Å². The summed E-state index contributed by atoms with van der Waals surface area (Å²) in [6, 6.07) is 10.5. The average molecular weight is 344 g/mol. The Morgan fingerprint density at radius 3 is 2.44 bits per heavy atom. The second kappa shape index (κ2) is 6.93. The van der Waals surface area contributed by atoms with E-state index in [0.29, 0.717) is 11.6 Å². The number of alkyl halides is 3. The average Bonchev–Trinajstić information content (AvgIpc) is 2.63. The topological polar surface area (TPSA) is 35.0 Å². The number of hydrogen-bond donors (Lipinski definition) is 0. The molecule has 0 saturated heterocycles. The molecule has 3 rings (SSSR count). The minimum Gasteiger partial charge on any atom is -0.438 e. The molecule has 0 N–H and O–H groups in total. The van der Waals surface area contributed by atoms with Crippen molar-refractivity contribution >= 4 is 0 Å². The Bertz CT molecular complexity index is 867. The van der Waals surface area contributed by atoms with Crippen molar-refractivity contribution in [3.05, 3.63) is 72.2 Å². The van der Waals surface area contributed by atoms with Crippen LogP contribution >= 0.6 is 0 Å². The highest BCUT2D eigenvalue weighted by Crippen LogP contribution is 2.34. The summed E-state index contributed by atoms with van der Waals surface area (Å²) in [5, 5.41) is 0. The molecule has 0 amide bonds. The Labute approximate surface area is 143 Å². The van der Waals surface area contributed by atoms with Gasteiger partial charge in [0.05, 0.1) is 0 Å². The molecular weight excluding hydrogens is 329 g/mol. The van der Waals surface area contributed by atoms with Crippen molar-refractivity contribution in [1.82, 2.24) is 9.97 Å². The van der Waals surface area contributed by atoms with E-state index in [0.717, 1.165) is 28.8 Å². The summed E-state index contributed by atoms with van der Waals surface area (Å²) < 4.78 is 44.8. The highest BCUT2D eigenvalue weighted by Gasteiger charge is 2.31. The molecule has 0 spiro atoms. The molecule has 0 bridgehead atoms. The molecule has 128 valence electrons. The number of rotatable bonds is 5. The molecule has 0 radical (unpaired) electrons. The van der Waals surface area contributed by atoms with E-state index in [4.69, 9.17) is 4.74 Å². The highest BCUT2D eigenvalue weighted by atomic mass is 19.3. The first-order chi connectivity index (χ1) is 12.0. The van der Waals surface area contributed by atoms with Crippen molar-refractivity contribution in [3.63, 3.8) is 0 Å². The Balaban J connectivity index is 1.91. The lowest BCUT2D eigenvalue weighted by Gasteiger charge is -2.14. The first-order valence-corrected chi connectivity index (χ1v) is 7.59. The van der Waals surface area contributed by atoms with E-state index in [-0.39, 0.29) is 0 Å². The van der Waals surface area contributed by atoms with Gasteiger partial charge in [-0.1, -0.05) is 0 Å². The lowest BCUT2D eigenvalue weighted by molar-refractivity contribution is -0.0281. The van der Waals surface area contributed by atoms with Gasteiger partial charge in [0.25, 0.3) is 0 Å². The summed E-state index contributed by atoms with van der Waals surface area (Å²) in [5.41, 5.74) is 2.22. The van der Waals surface area contributed by atoms with Crippen LogP contribution in [0.25, 0.3) is 11.1 Å². The maximum absolute atomic E-state index is 13.3. The molecule has 0 aliphatic heterocycles. The Hall–Kier alpha value is -2.89. The fourth-order valence-electron chi connectivity index (χ4n) is 2.38. The van der Waals surface area contributed by atoms with E-state index in [9.17, 15) is 13.2 Å². The molecule has 0 saturated carbocycles. The summed E-state index contributed by atoms with van der Waals surface area (Å²) in [6.45, 7) is 0.208. The number of benzene rings is 1. The number of ether oxygens (including phenoxy) is 1. The van der Waals surface area contributed by atoms with Gasteiger partial charge in [0, 0.05) is 35.3 Å². The molecule has 25 heavy (non-hydrogen) atoms. The first kappa shape index (κ1) is 17.0. The molecule has 6 heteroatoms. The van der Waals surface area contributed by atoms with E-state index >= 15 is 0 Å².